The van der Waals surface area contributed by atoms with Crippen molar-refractivity contribution in [3.05, 3.63) is 66.6 Å². The molecule has 1 saturated heterocycles. The van der Waals surface area contributed by atoms with Crippen LogP contribution in [0.2, 0.25) is 0 Å². The molecule has 2 aromatic carbocycles. The van der Waals surface area contributed by atoms with E-state index >= 15 is 0 Å². The topological polar surface area (TPSA) is 87.4 Å². The number of anilines is 2. The number of aryl methyl sites for hydroxylation is 1. The summed E-state index contributed by atoms with van der Waals surface area (Å²) in [6, 6.07) is 13.7. The Kier molecular flexibility index (Phi) is 6.22. The highest BCUT2D eigenvalue weighted by Gasteiger charge is 2.20. The van der Waals surface area contributed by atoms with Crippen molar-refractivity contribution in [1.29, 1.82) is 0 Å². The van der Waals surface area contributed by atoms with Crippen LogP contribution < -0.4 is 4.90 Å². The van der Waals surface area contributed by atoms with Gasteiger partial charge in [-0.3, -0.25) is 14.5 Å². The average Bonchev–Trinajstić information content (AvgIpc) is 3.56. The maximum absolute atomic E-state index is 13.0. The minimum atomic E-state index is 0.0759. The predicted molar refractivity (Wildman–Crippen MR) is 132 cm³/mol. The van der Waals surface area contributed by atoms with Crippen LogP contribution in [-0.4, -0.2) is 61.9 Å². The summed E-state index contributed by atoms with van der Waals surface area (Å²) in [6.07, 6.45) is 8.17. The molecule has 1 amide bonds. The molecule has 174 valence electrons. The van der Waals surface area contributed by atoms with Crippen LogP contribution in [0, 0.1) is 0 Å². The Balaban J connectivity index is 1.51. The molecule has 0 aliphatic carbocycles. The number of benzene rings is 2. The van der Waals surface area contributed by atoms with Crippen molar-refractivity contribution in [2.75, 3.05) is 31.1 Å². The summed E-state index contributed by atoms with van der Waals surface area (Å²) in [5.74, 6) is 0.0759. The lowest BCUT2D eigenvalue weighted by Crippen LogP contribution is -2.28. The molecule has 1 aliphatic rings. The van der Waals surface area contributed by atoms with Gasteiger partial charge in [0.2, 0.25) is 0 Å². The van der Waals surface area contributed by atoms with Crippen LogP contribution in [0.4, 0.5) is 11.4 Å². The number of rotatable bonds is 7. The molecule has 0 radical (unpaired) electrons. The monoisotopic (exact) mass is 456 g/mol. The van der Waals surface area contributed by atoms with Gasteiger partial charge in [-0.15, -0.1) is 0 Å². The molecule has 8 heteroatoms. The van der Waals surface area contributed by atoms with Crippen molar-refractivity contribution in [3.8, 4) is 11.3 Å². The molecule has 4 aromatic rings. The van der Waals surface area contributed by atoms with E-state index < -0.39 is 0 Å². The van der Waals surface area contributed by atoms with Crippen molar-refractivity contribution in [2.24, 2.45) is 7.05 Å². The number of carbonyl (C=O) groups is 1. The molecule has 1 fully saturated rings. The summed E-state index contributed by atoms with van der Waals surface area (Å²) in [7, 11) is 1.87. The summed E-state index contributed by atoms with van der Waals surface area (Å²) < 4.78 is 1.74. The minimum absolute atomic E-state index is 0.0759. The highest BCUT2D eigenvalue weighted by atomic mass is 16.3. The van der Waals surface area contributed by atoms with Gasteiger partial charge in [-0.1, -0.05) is 6.07 Å². The maximum atomic E-state index is 13.0. The first-order valence-electron chi connectivity index (χ1n) is 11.7. The quantitative estimate of drug-likeness (QED) is 0.455. The molecule has 8 nitrogen and oxygen atoms in total. The van der Waals surface area contributed by atoms with Crippen LogP contribution in [0.15, 0.2) is 61.1 Å². The van der Waals surface area contributed by atoms with E-state index in [1.165, 1.54) is 0 Å². The highest BCUT2D eigenvalue weighted by molar-refractivity contribution is 5.95. The summed E-state index contributed by atoms with van der Waals surface area (Å²) in [5.41, 5.74) is 5.78. The van der Waals surface area contributed by atoms with Crippen LogP contribution in [-0.2, 0) is 7.05 Å². The van der Waals surface area contributed by atoms with E-state index in [1.807, 2.05) is 60.6 Å². The summed E-state index contributed by atoms with van der Waals surface area (Å²) in [4.78, 5) is 26.4. The number of amides is 1. The molecule has 34 heavy (non-hydrogen) atoms. The van der Waals surface area contributed by atoms with Crippen LogP contribution in [0.3, 0.4) is 0 Å². The molecule has 0 atom stereocenters. The van der Waals surface area contributed by atoms with Crippen LogP contribution in [0.5, 0.6) is 0 Å². The van der Waals surface area contributed by atoms with Gasteiger partial charge in [0, 0.05) is 62.0 Å². The zero-order valence-electron chi connectivity index (χ0n) is 19.3. The number of fused-ring (bicyclic) bond motifs is 1. The van der Waals surface area contributed by atoms with E-state index in [4.69, 9.17) is 4.98 Å². The number of hydrogen-bond donors (Lipinski definition) is 1. The fourth-order valence-electron chi connectivity index (χ4n) is 4.41. The third-order valence-corrected chi connectivity index (χ3v) is 6.18. The number of hydrogen-bond acceptors (Lipinski definition) is 6. The van der Waals surface area contributed by atoms with E-state index in [1.54, 1.807) is 17.1 Å². The molecule has 0 saturated carbocycles. The van der Waals surface area contributed by atoms with E-state index in [0.717, 1.165) is 59.6 Å². The van der Waals surface area contributed by atoms with Gasteiger partial charge >= 0.3 is 0 Å². The third kappa shape index (κ3) is 4.49. The largest absolute Gasteiger partial charge is 0.396 e. The fraction of sp³-hybridized carbons (Fsp3) is 0.308. The van der Waals surface area contributed by atoms with Crippen molar-refractivity contribution >= 4 is 28.3 Å². The van der Waals surface area contributed by atoms with Gasteiger partial charge in [-0.25, -0.2) is 4.98 Å². The number of aliphatic hydroxyl groups excluding tert-OH is 1. The minimum Gasteiger partial charge on any atom is -0.396 e. The van der Waals surface area contributed by atoms with E-state index in [-0.39, 0.29) is 12.5 Å². The molecular weight excluding hydrogens is 428 g/mol. The zero-order valence-corrected chi connectivity index (χ0v) is 19.3. The number of aliphatic hydroxyl groups is 1. The lowest BCUT2D eigenvalue weighted by Gasteiger charge is -2.26. The van der Waals surface area contributed by atoms with Crippen LogP contribution >= 0.6 is 0 Å². The first-order chi connectivity index (χ1) is 16.6. The fourth-order valence-corrected chi connectivity index (χ4v) is 4.41. The van der Waals surface area contributed by atoms with Gasteiger partial charge in [-0.2, -0.15) is 5.10 Å². The van der Waals surface area contributed by atoms with Gasteiger partial charge in [-0.05, 0) is 55.7 Å². The van der Waals surface area contributed by atoms with Crippen molar-refractivity contribution in [1.82, 2.24) is 24.6 Å². The zero-order chi connectivity index (χ0) is 23.5. The summed E-state index contributed by atoms with van der Waals surface area (Å²) in [6.45, 7) is 2.33. The van der Waals surface area contributed by atoms with Crippen LogP contribution in [0.1, 0.15) is 29.6 Å². The molecule has 5 rings (SSSR count). The maximum Gasteiger partial charge on any atom is 0.253 e. The second-order valence-electron chi connectivity index (χ2n) is 8.61. The number of carbonyl (C=O) groups excluding carboxylic acids is 1. The summed E-state index contributed by atoms with van der Waals surface area (Å²) in [5, 5.41) is 13.7. The number of likely N-dealkylation sites (tertiary alicyclic amines) is 1. The molecule has 0 spiro atoms. The third-order valence-electron chi connectivity index (χ3n) is 6.18. The van der Waals surface area contributed by atoms with Gasteiger partial charge in [0.05, 0.1) is 29.1 Å². The van der Waals surface area contributed by atoms with Gasteiger partial charge < -0.3 is 14.9 Å². The van der Waals surface area contributed by atoms with Gasteiger partial charge in [0.1, 0.15) is 0 Å². The molecule has 0 unspecified atom stereocenters. The van der Waals surface area contributed by atoms with E-state index in [9.17, 15) is 9.90 Å². The Bertz CT molecular complexity index is 1310. The Morgan fingerprint density at radius 3 is 2.65 bits per heavy atom. The molecule has 0 bridgehead atoms. The second-order valence-corrected chi connectivity index (χ2v) is 8.61. The Morgan fingerprint density at radius 2 is 1.88 bits per heavy atom. The van der Waals surface area contributed by atoms with Gasteiger partial charge in [0.15, 0.2) is 0 Å². The first kappa shape index (κ1) is 22.0. The molecular formula is C26H28N6O2. The average molecular weight is 457 g/mol. The lowest BCUT2D eigenvalue weighted by molar-refractivity contribution is 0.0793. The van der Waals surface area contributed by atoms with E-state index in [2.05, 4.69) is 15.0 Å². The van der Waals surface area contributed by atoms with Crippen molar-refractivity contribution < 1.29 is 9.90 Å². The normalized spacial score (nSPS) is 13.5. The molecule has 2 aromatic heterocycles. The lowest BCUT2D eigenvalue weighted by atomic mass is 10.1. The molecule has 3 heterocycles. The second kappa shape index (κ2) is 9.61. The predicted octanol–water partition coefficient (Wildman–Crippen LogP) is 3.79. The Hall–Kier alpha value is -3.78. The SMILES string of the molecule is Cn1cc(-c2cnc3ccc(N(CCCO)c4cccc(C(=O)N5CCCC5)c4)cc3n2)cn1. The molecule has 1 aliphatic heterocycles. The Morgan fingerprint density at radius 1 is 1.06 bits per heavy atom. The van der Waals surface area contributed by atoms with Gasteiger partial charge in [0.25, 0.3) is 5.91 Å². The standard InChI is InChI=1S/C26H28N6O2/c1-30-18-20(16-28-30)25-17-27-23-9-8-22(15-24(23)29-25)32(12-5-13-33)21-7-4-6-19(14-21)26(34)31-10-2-3-11-31/h4,6-9,14-18,33H,2-3,5,10-13H2,1H3. The van der Waals surface area contributed by atoms with Crippen LogP contribution in [0.25, 0.3) is 22.3 Å². The summed E-state index contributed by atoms with van der Waals surface area (Å²) >= 11 is 0. The highest BCUT2D eigenvalue weighted by Crippen LogP contribution is 2.30. The van der Waals surface area contributed by atoms with Crippen molar-refractivity contribution in [3.63, 3.8) is 0 Å². The Labute approximate surface area is 198 Å². The smallest absolute Gasteiger partial charge is 0.253 e. The molecule has 1 N–H and O–H groups in total. The van der Waals surface area contributed by atoms with Crippen molar-refractivity contribution in [2.45, 2.75) is 19.3 Å². The number of nitrogens with zero attached hydrogens (tertiary/aromatic N) is 6. The number of aromatic nitrogens is 4. The van der Waals surface area contributed by atoms with E-state index in [0.29, 0.717) is 18.5 Å². The first-order valence-corrected chi connectivity index (χ1v) is 11.7.